The average Bonchev–Trinajstić information content (AvgIpc) is 2.36. The van der Waals surface area contributed by atoms with E-state index in [2.05, 4.69) is 10.3 Å². The van der Waals surface area contributed by atoms with E-state index in [4.69, 9.17) is 4.74 Å². The molecule has 1 aromatic rings. The summed E-state index contributed by atoms with van der Waals surface area (Å²) in [5.74, 6) is 0.761. The SMILES string of the molecule is CCOCCCNCCn1c(C)ncc(I)c1=O. The highest BCUT2D eigenvalue weighted by atomic mass is 127. The second-order valence-corrected chi connectivity index (χ2v) is 5.07. The third-order valence-electron chi connectivity index (χ3n) is 2.56. The number of rotatable bonds is 8. The van der Waals surface area contributed by atoms with Crippen LogP contribution in [0.15, 0.2) is 11.0 Å². The van der Waals surface area contributed by atoms with E-state index in [1.165, 1.54) is 0 Å². The number of aryl methyl sites for hydroxylation is 1. The van der Waals surface area contributed by atoms with Crippen LogP contribution in [0.4, 0.5) is 0 Å². The molecule has 0 saturated heterocycles. The molecular weight excluding hydrogens is 345 g/mol. The Labute approximate surface area is 121 Å². The summed E-state index contributed by atoms with van der Waals surface area (Å²) in [6.45, 7) is 7.73. The summed E-state index contributed by atoms with van der Waals surface area (Å²) in [6.07, 6.45) is 2.61. The maximum atomic E-state index is 11.9. The van der Waals surface area contributed by atoms with Gasteiger partial charge in [0.1, 0.15) is 5.82 Å². The first-order valence-corrected chi connectivity index (χ1v) is 7.25. The first kappa shape index (κ1) is 15.6. The highest BCUT2D eigenvalue weighted by Crippen LogP contribution is 1.96. The molecule has 0 aromatic carbocycles. The van der Waals surface area contributed by atoms with Crippen molar-refractivity contribution in [1.29, 1.82) is 0 Å². The zero-order valence-corrected chi connectivity index (χ0v) is 13.1. The predicted octanol–water partition coefficient (Wildman–Crippen LogP) is 1.17. The van der Waals surface area contributed by atoms with Gasteiger partial charge in [-0.15, -0.1) is 0 Å². The lowest BCUT2D eigenvalue weighted by molar-refractivity contribution is 0.145. The molecule has 102 valence electrons. The summed E-state index contributed by atoms with van der Waals surface area (Å²) >= 11 is 2.02. The van der Waals surface area contributed by atoms with Crippen molar-refractivity contribution in [3.8, 4) is 0 Å². The number of halogens is 1. The van der Waals surface area contributed by atoms with E-state index in [-0.39, 0.29) is 5.56 Å². The van der Waals surface area contributed by atoms with Crippen LogP contribution in [0.1, 0.15) is 19.2 Å². The molecule has 0 aliphatic carbocycles. The Balaban J connectivity index is 2.32. The van der Waals surface area contributed by atoms with Crippen molar-refractivity contribution in [3.63, 3.8) is 0 Å². The molecule has 1 rings (SSSR count). The maximum absolute atomic E-state index is 11.9. The Bertz CT molecular complexity index is 420. The average molecular weight is 365 g/mol. The van der Waals surface area contributed by atoms with Crippen LogP contribution >= 0.6 is 22.6 Å². The van der Waals surface area contributed by atoms with Crippen molar-refractivity contribution in [2.45, 2.75) is 26.8 Å². The van der Waals surface area contributed by atoms with Crippen molar-refractivity contribution in [1.82, 2.24) is 14.9 Å². The van der Waals surface area contributed by atoms with Crippen LogP contribution in [0.2, 0.25) is 0 Å². The number of nitrogens with zero attached hydrogens (tertiary/aromatic N) is 2. The van der Waals surface area contributed by atoms with Gasteiger partial charge in [0.15, 0.2) is 0 Å². The van der Waals surface area contributed by atoms with Gasteiger partial charge in [-0.25, -0.2) is 4.98 Å². The monoisotopic (exact) mass is 365 g/mol. The quantitative estimate of drug-likeness (QED) is 0.555. The molecule has 0 aliphatic rings. The summed E-state index contributed by atoms with van der Waals surface area (Å²) in [4.78, 5) is 16.0. The van der Waals surface area contributed by atoms with E-state index < -0.39 is 0 Å². The van der Waals surface area contributed by atoms with E-state index >= 15 is 0 Å². The minimum atomic E-state index is 0.0409. The van der Waals surface area contributed by atoms with Crippen molar-refractivity contribution in [3.05, 3.63) is 25.9 Å². The molecule has 5 nitrogen and oxygen atoms in total. The Morgan fingerprint density at radius 2 is 2.28 bits per heavy atom. The number of nitrogens with one attached hydrogen (secondary N) is 1. The normalized spacial score (nSPS) is 10.8. The summed E-state index contributed by atoms with van der Waals surface area (Å²) in [5, 5.41) is 3.30. The van der Waals surface area contributed by atoms with Crippen molar-refractivity contribution < 1.29 is 4.74 Å². The molecule has 0 aliphatic heterocycles. The lowest BCUT2D eigenvalue weighted by Crippen LogP contribution is -2.31. The minimum absolute atomic E-state index is 0.0409. The lowest BCUT2D eigenvalue weighted by Gasteiger charge is -2.10. The van der Waals surface area contributed by atoms with Crippen molar-refractivity contribution in [2.75, 3.05) is 26.3 Å². The van der Waals surface area contributed by atoms with Gasteiger partial charge in [-0.3, -0.25) is 9.36 Å². The fraction of sp³-hybridized carbons (Fsp3) is 0.667. The van der Waals surface area contributed by atoms with Gasteiger partial charge in [-0.05, 0) is 49.4 Å². The molecule has 0 saturated carbocycles. The number of ether oxygens (including phenoxy) is 1. The molecule has 1 heterocycles. The Morgan fingerprint density at radius 1 is 1.50 bits per heavy atom. The van der Waals surface area contributed by atoms with Gasteiger partial charge in [-0.2, -0.15) is 0 Å². The number of aromatic nitrogens is 2. The third kappa shape index (κ3) is 5.03. The molecule has 1 aromatic heterocycles. The van der Waals surface area contributed by atoms with Crippen LogP contribution in [0, 0.1) is 10.5 Å². The largest absolute Gasteiger partial charge is 0.382 e. The van der Waals surface area contributed by atoms with Crippen LogP contribution in [0.25, 0.3) is 0 Å². The molecule has 0 radical (unpaired) electrons. The Kier molecular flexibility index (Phi) is 7.45. The fourth-order valence-corrected chi connectivity index (χ4v) is 2.00. The summed E-state index contributed by atoms with van der Waals surface area (Å²) in [5.41, 5.74) is 0.0409. The van der Waals surface area contributed by atoms with Gasteiger partial charge in [-0.1, -0.05) is 0 Å². The first-order chi connectivity index (χ1) is 8.66. The smallest absolute Gasteiger partial charge is 0.266 e. The molecular formula is C12H20IN3O2. The van der Waals surface area contributed by atoms with Crippen LogP contribution in [0.3, 0.4) is 0 Å². The molecule has 0 unspecified atom stereocenters. The summed E-state index contributed by atoms with van der Waals surface area (Å²) in [6, 6.07) is 0. The highest BCUT2D eigenvalue weighted by Gasteiger charge is 2.04. The topological polar surface area (TPSA) is 56.1 Å². The Hall–Kier alpha value is -0.470. The number of hydrogen-bond donors (Lipinski definition) is 1. The van der Waals surface area contributed by atoms with Crippen LogP contribution in [-0.4, -0.2) is 35.9 Å². The Morgan fingerprint density at radius 3 is 3.00 bits per heavy atom. The fourth-order valence-electron chi connectivity index (χ4n) is 1.57. The van der Waals surface area contributed by atoms with E-state index in [0.717, 1.165) is 38.5 Å². The van der Waals surface area contributed by atoms with Crippen molar-refractivity contribution >= 4 is 22.6 Å². The van der Waals surface area contributed by atoms with Gasteiger partial charge >= 0.3 is 0 Å². The second-order valence-electron chi connectivity index (χ2n) is 3.91. The van der Waals surface area contributed by atoms with E-state index in [0.29, 0.717) is 10.1 Å². The molecule has 6 heteroatoms. The molecule has 0 fully saturated rings. The van der Waals surface area contributed by atoms with Crippen LogP contribution in [-0.2, 0) is 11.3 Å². The predicted molar refractivity (Wildman–Crippen MR) is 79.9 cm³/mol. The zero-order valence-electron chi connectivity index (χ0n) is 10.9. The van der Waals surface area contributed by atoms with Gasteiger partial charge in [0, 0.05) is 32.5 Å². The van der Waals surface area contributed by atoms with Crippen LogP contribution in [0.5, 0.6) is 0 Å². The lowest BCUT2D eigenvalue weighted by atomic mass is 10.4. The standard InChI is InChI=1S/C12H20IN3O2/c1-3-18-8-4-5-14-6-7-16-10(2)15-9-11(13)12(16)17/h9,14H,3-8H2,1-2H3. The number of hydrogen-bond acceptors (Lipinski definition) is 4. The van der Waals surface area contributed by atoms with Gasteiger partial charge in [0.25, 0.3) is 5.56 Å². The van der Waals surface area contributed by atoms with E-state index in [1.807, 2.05) is 36.4 Å². The molecule has 0 bridgehead atoms. The summed E-state index contributed by atoms with van der Waals surface area (Å²) in [7, 11) is 0. The molecule has 18 heavy (non-hydrogen) atoms. The van der Waals surface area contributed by atoms with Gasteiger partial charge < -0.3 is 10.1 Å². The maximum Gasteiger partial charge on any atom is 0.266 e. The van der Waals surface area contributed by atoms with Crippen molar-refractivity contribution in [2.24, 2.45) is 0 Å². The molecule has 0 spiro atoms. The molecule has 1 N–H and O–H groups in total. The minimum Gasteiger partial charge on any atom is -0.382 e. The van der Waals surface area contributed by atoms with Gasteiger partial charge in [0.05, 0.1) is 3.57 Å². The third-order valence-corrected chi connectivity index (χ3v) is 3.30. The first-order valence-electron chi connectivity index (χ1n) is 6.17. The highest BCUT2D eigenvalue weighted by molar-refractivity contribution is 14.1. The van der Waals surface area contributed by atoms with Crippen LogP contribution < -0.4 is 10.9 Å². The van der Waals surface area contributed by atoms with E-state index in [9.17, 15) is 4.79 Å². The van der Waals surface area contributed by atoms with E-state index in [1.54, 1.807) is 10.8 Å². The summed E-state index contributed by atoms with van der Waals surface area (Å²) < 4.78 is 7.61. The molecule has 0 atom stereocenters. The van der Waals surface area contributed by atoms with Gasteiger partial charge in [0.2, 0.25) is 0 Å². The zero-order chi connectivity index (χ0) is 13.4. The second kappa shape index (κ2) is 8.60. The molecule has 0 amide bonds.